The van der Waals surface area contributed by atoms with Gasteiger partial charge < -0.3 is 31.2 Å². The second kappa shape index (κ2) is 18.4. The van der Waals surface area contributed by atoms with Crippen LogP contribution >= 0.6 is 38.5 Å². The summed E-state index contributed by atoms with van der Waals surface area (Å²) in [5.74, 6) is -0.558. The zero-order valence-electron chi connectivity index (χ0n) is 33.6. The zero-order valence-corrected chi connectivity index (χ0v) is 37.4. The van der Waals surface area contributed by atoms with Crippen LogP contribution in [0.3, 0.4) is 0 Å². The Balaban J connectivity index is 0.000000158. The van der Waals surface area contributed by atoms with Crippen molar-refractivity contribution in [2.45, 2.75) is 64.1 Å². The van der Waals surface area contributed by atoms with Crippen molar-refractivity contribution in [2.75, 3.05) is 25.6 Å². The van der Waals surface area contributed by atoms with Gasteiger partial charge in [-0.05, 0) is 115 Å². The number of nitrogens with two attached hydrogens (primary N) is 2. The highest BCUT2D eigenvalue weighted by molar-refractivity contribution is 14.1. The summed E-state index contributed by atoms with van der Waals surface area (Å²) in [4.78, 5) is 31.8. The van der Waals surface area contributed by atoms with Crippen LogP contribution in [0, 0.1) is 37.9 Å². The van der Waals surface area contributed by atoms with Gasteiger partial charge in [0.25, 0.3) is 17.7 Å². The normalized spacial score (nSPS) is 17.5. The van der Waals surface area contributed by atoms with Gasteiger partial charge in [0, 0.05) is 40.4 Å². The highest BCUT2D eigenvalue weighted by atomic mass is 127. The molecule has 0 aliphatic carbocycles. The molecule has 0 saturated heterocycles. The van der Waals surface area contributed by atoms with Gasteiger partial charge >= 0.3 is 0 Å². The molecule has 1 amide bonds. The van der Waals surface area contributed by atoms with Crippen LogP contribution in [0.25, 0.3) is 11.3 Å². The van der Waals surface area contributed by atoms with Gasteiger partial charge in [-0.15, -0.1) is 0 Å². The molecule has 3 aliphatic heterocycles. The minimum Gasteiger partial charge on any atom is -0.467 e. The number of aryl methyl sites for hydroxylation is 2. The lowest BCUT2D eigenvalue weighted by Crippen LogP contribution is -2.32. The summed E-state index contributed by atoms with van der Waals surface area (Å²) in [6.45, 7) is 4.96. The molecule has 6 aromatic rings. The predicted molar refractivity (Wildman–Crippen MR) is 233 cm³/mol. The molecule has 62 heavy (non-hydrogen) atoms. The molecule has 0 fully saturated rings. The number of carbonyl (C=O) groups excluding carboxylic acids is 1. The van der Waals surface area contributed by atoms with Crippen LogP contribution in [0.4, 0.5) is 20.4 Å². The van der Waals surface area contributed by atoms with E-state index in [1.165, 1.54) is 42.7 Å². The van der Waals surface area contributed by atoms with Crippen molar-refractivity contribution in [1.29, 1.82) is 10.5 Å². The van der Waals surface area contributed by atoms with Gasteiger partial charge in [-0.25, -0.2) is 28.7 Å². The highest BCUT2D eigenvalue weighted by Crippen LogP contribution is 2.41. The molecule has 318 valence electrons. The second-order valence-electron chi connectivity index (χ2n) is 14.3. The van der Waals surface area contributed by atoms with Crippen LogP contribution < -0.4 is 26.3 Å². The van der Waals surface area contributed by atoms with Gasteiger partial charge in [-0.3, -0.25) is 14.2 Å². The van der Waals surface area contributed by atoms with E-state index in [-0.39, 0.29) is 53.0 Å². The van der Waals surface area contributed by atoms with Crippen LogP contribution in [-0.2, 0) is 13.1 Å². The number of rotatable bonds is 4. The Bertz CT molecular complexity index is 2770. The van der Waals surface area contributed by atoms with Crippen molar-refractivity contribution in [2.24, 2.45) is 0 Å². The predicted octanol–water partition coefficient (Wildman–Crippen LogP) is 6.73. The molecular weight excluding hydrogens is 981 g/mol. The number of halogens is 4. The summed E-state index contributed by atoms with van der Waals surface area (Å²) in [5.41, 5.74) is 16.5. The topological polar surface area (TPSA) is 238 Å². The first kappa shape index (κ1) is 43.8. The van der Waals surface area contributed by atoms with E-state index >= 15 is 0 Å². The molecule has 0 saturated carbocycles. The van der Waals surface area contributed by atoms with Crippen LogP contribution in [0.5, 0.6) is 11.8 Å². The second-order valence-corrected chi connectivity index (χ2v) is 16.3. The minimum absolute atomic E-state index is 0.0416. The van der Waals surface area contributed by atoms with Crippen LogP contribution in [-0.4, -0.2) is 64.4 Å². The molecule has 21 heteroatoms. The van der Waals surface area contributed by atoms with Crippen LogP contribution in [0.1, 0.15) is 95.2 Å². The fourth-order valence-corrected chi connectivity index (χ4v) is 8.47. The summed E-state index contributed by atoms with van der Waals surface area (Å²) >= 11 is 5.33. The average molecular weight is 1020 g/mol. The molecule has 3 aliphatic rings. The Hall–Kier alpha value is -6.30. The van der Waals surface area contributed by atoms with E-state index in [2.05, 4.69) is 80.0 Å². The highest BCUT2D eigenvalue weighted by Gasteiger charge is 2.37. The molecule has 4 atom stereocenters. The van der Waals surface area contributed by atoms with Crippen molar-refractivity contribution >= 4 is 56.1 Å². The fraction of sp³-hybridized carbons (Fsp3) is 0.293. The van der Waals surface area contributed by atoms with Crippen molar-refractivity contribution in [3.05, 3.63) is 114 Å². The van der Waals surface area contributed by atoms with Crippen LogP contribution in [0.2, 0.25) is 0 Å². The number of nitrogen functional groups attached to an aromatic ring is 2. The Morgan fingerprint density at radius 2 is 1.73 bits per heavy atom. The third-order valence-corrected chi connectivity index (χ3v) is 11.9. The zero-order chi connectivity index (χ0) is 44.4. The minimum atomic E-state index is -0.726. The van der Waals surface area contributed by atoms with E-state index in [1.807, 2.05) is 23.9 Å². The van der Waals surface area contributed by atoms with Crippen molar-refractivity contribution in [1.82, 2.24) is 49.7 Å². The number of nitriles is 2. The average Bonchev–Trinajstić information content (AvgIpc) is 4.04. The molecule has 2 aromatic carbocycles. The third kappa shape index (κ3) is 8.87. The first-order valence-electron chi connectivity index (χ1n) is 19.1. The van der Waals surface area contributed by atoms with E-state index in [0.717, 1.165) is 27.8 Å². The van der Waals surface area contributed by atoms with Gasteiger partial charge in [0.15, 0.2) is 23.0 Å². The molecule has 9 rings (SSSR count). The number of amides is 1. The first-order chi connectivity index (χ1) is 29.7. The van der Waals surface area contributed by atoms with Gasteiger partial charge in [0.05, 0.1) is 47.1 Å². The monoisotopic (exact) mass is 1020 g/mol. The molecule has 2 bridgehead atoms. The number of nitrogens with zero attached hydrogens (tertiary/aromatic N) is 11. The van der Waals surface area contributed by atoms with Crippen molar-refractivity contribution in [3.8, 4) is 35.2 Å². The lowest BCUT2D eigenvalue weighted by molar-refractivity contribution is 0.0725. The smallest absolute Gasteiger partial charge is 0.258 e. The Morgan fingerprint density at radius 1 is 1.00 bits per heavy atom. The molecule has 4 unspecified atom stereocenters. The molecule has 0 radical (unpaired) electrons. The lowest BCUT2D eigenvalue weighted by atomic mass is 9.99. The Kier molecular flexibility index (Phi) is 13.0. The summed E-state index contributed by atoms with van der Waals surface area (Å²) in [5, 5.41) is 30.0. The number of nitrogens with one attached hydrogen (secondary N) is 1. The summed E-state index contributed by atoms with van der Waals surface area (Å²) in [6.07, 6.45) is 3.54. The number of benzene rings is 2. The standard InChI is InChI=1S/C21H18FN7O2.C12H10BrFIN3O.C8H10N4/c1-10-13-7-11(22)3-4-12(13)21(30)28(2)16-5-6-29-18(16)17(14(8-23)27-29)15-9-25-19(24)20(26-15)31-10;1-6(8-4-7(14)2-3-9(8)15)19-12-11(16)17-5-10(13)18-12;1-10-7-2-3-12-8(7)4-6(5-9)11-12/h3-4,7,9-10,16H,5-6H2,1-2H3,(H2,24,25);2-6H,1H3,(H2,16,17);4,7,10H,2-3H2,1H3. The number of carbonyl (C=O) groups is 1. The van der Waals surface area contributed by atoms with E-state index in [0.29, 0.717) is 57.4 Å². The number of fused-ring (bicyclic) bond motifs is 5. The van der Waals surface area contributed by atoms with E-state index in [9.17, 15) is 18.8 Å². The number of aromatic nitrogens is 8. The number of ether oxygens (including phenoxy) is 2. The molecule has 17 nitrogen and oxygen atoms in total. The summed E-state index contributed by atoms with van der Waals surface area (Å²) < 4.78 is 44.0. The number of anilines is 2. The quantitative estimate of drug-likeness (QED) is 0.155. The Labute approximate surface area is 376 Å². The van der Waals surface area contributed by atoms with Crippen molar-refractivity contribution in [3.63, 3.8) is 0 Å². The van der Waals surface area contributed by atoms with Gasteiger partial charge in [-0.2, -0.15) is 20.7 Å². The maximum atomic E-state index is 14.1. The third-order valence-electron chi connectivity index (χ3n) is 10.5. The van der Waals surface area contributed by atoms with E-state index in [1.54, 1.807) is 36.5 Å². The maximum absolute atomic E-state index is 14.1. The fourth-order valence-electron chi connectivity index (χ4n) is 7.43. The van der Waals surface area contributed by atoms with Gasteiger partial charge in [0.1, 0.15) is 40.6 Å². The summed E-state index contributed by atoms with van der Waals surface area (Å²) in [7, 11) is 3.62. The molecule has 5 N–H and O–H groups in total. The van der Waals surface area contributed by atoms with E-state index < -0.39 is 11.9 Å². The molecule has 4 aromatic heterocycles. The maximum Gasteiger partial charge on any atom is 0.258 e. The number of hydrogen-bond acceptors (Lipinski definition) is 14. The first-order valence-corrected chi connectivity index (χ1v) is 21.0. The number of hydrogen-bond donors (Lipinski definition) is 3. The van der Waals surface area contributed by atoms with Gasteiger partial charge in [-0.1, -0.05) is 0 Å². The largest absolute Gasteiger partial charge is 0.467 e. The molecule has 0 spiro atoms. The molecular formula is C41H38BrF2IN14O3. The van der Waals surface area contributed by atoms with E-state index in [4.69, 9.17) is 26.2 Å². The van der Waals surface area contributed by atoms with Crippen LogP contribution in [0.15, 0.2) is 59.5 Å². The SMILES string of the molecule is CC(Oc1nc(Br)cnc1N)c1cc(F)ccc1I.CC1Oc2nc(cnc2N)-c2c(C#N)nn3c2C(CC3)N(C)C(=O)c2ccc(F)cc21.CNC1CCn2nc(C#N)cc21. The summed E-state index contributed by atoms with van der Waals surface area (Å²) in [6, 6.07) is 14.6. The Morgan fingerprint density at radius 3 is 2.47 bits per heavy atom. The lowest BCUT2D eigenvalue weighted by Gasteiger charge is -2.28. The van der Waals surface area contributed by atoms with Gasteiger partial charge in [0.2, 0.25) is 0 Å². The van der Waals surface area contributed by atoms with Crippen molar-refractivity contribution < 1.29 is 23.0 Å². The molecule has 7 heterocycles.